The predicted octanol–water partition coefficient (Wildman–Crippen LogP) is 6.23. The van der Waals surface area contributed by atoms with Gasteiger partial charge in [-0.25, -0.2) is 4.68 Å². The molecule has 5 rings (SSSR count). The lowest BCUT2D eigenvalue weighted by atomic mass is 10.1. The fourth-order valence-electron chi connectivity index (χ4n) is 3.63. The summed E-state index contributed by atoms with van der Waals surface area (Å²) in [7, 11) is 0. The van der Waals surface area contributed by atoms with Crippen molar-refractivity contribution in [3.63, 3.8) is 0 Å². The third-order valence-electron chi connectivity index (χ3n) is 5.26. The van der Waals surface area contributed by atoms with Crippen molar-refractivity contribution < 1.29 is 4.79 Å². The highest BCUT2D eigenvalue weighted by atomic mass is 16.1. The van der Waals surface area contributed by atoms with E-state index in [0.717, 1.165) is 28.2 Å². The number of allylic oxidation sites excluding steroid dienone is 1. The van der Waals surface area contributed by atoms with Crippen LogP contribution < -0.4 is 0 Å². The average molecular weight is 415 g/mol. The zero-order valence-electron chi connectivity index (χ0n) is 17.4. The van der Waals surface area contributed by atoms with Gasteiger partial charge in [0.05, 0.1) is 11.4 Å². The quantitative estimate of drug-likeness (QED) is 0.244. The summed E-state index contributed by atoms with van der Waals surface area (Å²) >= 11 is 0. The maximum absolute atomic E-state index is 12.9. The Morgan fingerprint density at radius 1 is 0.750 bits per heavy atom. The Hall–Kier alpha value is -4.44. The summed E-state index contributed by atoms with van der Waals surface area (Å²) in [6.45, 7) is 0. The summed E-state index contributed by atoms with van der Waals surface area (Å²) in [5.41, 5.74) is 5.29. The van der Waals surface area contributed by atoms with Crippen molar-refractivity contribution in [3.05, 3.63) is 133 Å². The third-order valence-corrected chi connectivity index (χ3v) is 5.26. The first-order valence-electron chi connectivity index (χ1n) is 10.4. The van der Waals surface area contributed by atoms with E-state index in [1.165, 1.54) is 0 Å². The Labute approximate surface area is 186 Å². The molecule has 0 aliphatic rings. The molecule has 2 aromatic heterocycles. The highest BCUT2D eigenvalue weighted by Crippen LogP contribution is 2.25. The first-order chi connectivity index (χ1) is 15.8. The predicted molar refractivity (Wildman–Crippen MR) is 128 cm³/mol. The van der Waals surface area contributed by atoms with Crippen molar-refractivity contribution in [2.45, 2.75) is 0 Å². The fourth-order valence-corrected chi connectivity index (χ4v) is 3.63. The van der Waals surface area contributed by atoms with Crippen molar-refractivity contribution in [2.75, 3.05) is 0 Å². The first kappa shape index (κ1) is 19.5. The minimum atomic E-state index is -0.0505. The van der Waals surface area contributed by atoms with Crippen molar-refractivity contribution in [1.29, 1.82) is 0 Å². The molecule has 0 fully saturated rings. The highest BCUT2D eigenvalue weighted by molar-refractivity contribution is 6.07. The van der Waals surface area contributed by atoms with Crippen LogP contribution in [0.1, 0.15) is 15.9 Å². The van der Waals surface area contributed by atoms with E-state index in [2.05, 4.69) is 0 Å². The molecule has 0 aliphatic heterocycles. The van der Waals surface area contributed by atoms with Crippen LogP contribution in [0.5, 0.6) is 0 Å². The van der Waals surface area contributed by atoms with Gasteiger partial charge in [-0.05, 0) is 48.6 Å². The fraction of sp³-hybridized carbons (Fsp3) is 0. The second-order valence-electron chi connectivity index (χ2n) is 7.42. The van der Waals surface area contributed by atoms with E-state index in [0.29, 0.717) is 5.56 Å². The van der Waals surface area contributed by atoms with E-state index >= 15 is 0 Å². The van der Waals surface area contributed by atoms with Gasteiger partial charge in [-0.1, -0.05) is 60.7 Å². The SMILES string of the molecule is O=C(/C=C/c1cn(-c2ccccc2)nc1-c1ccccc1)c1cccc(-n2cccc2)c1. The molecule has 32 heavy (non-hydrogen) atoms. The zero-order valence-corrected chi connectivity index (χ0v) is 17.4. The normalized spacial score (nSPS) is 11.1. The molecule has 3 aromatic carbocycles. The number of ketones is 1. The van der Waals surface area contributed by atoms with Crippen LogP contribution in [0.25, 0.3) is 28.7 Å². The molecule has 154 valence electrons. The van der Waals surface area contributed by atoms with Gasteiger partial charge >= 0.3 is 0 Å². The minimum absolute atomic E-state index is 0.0505. The van der Waals surface area contributed by atoms with Crippen molar-refractivity contribution in [2.24, 2.45) is 0 Å². The number of carbonyl (C=O) groups excluding carboxylic acids is 1. The maximum atomic E-state index is 12.9. The monoisotopic (exact) mass is 415 g/mol. The molecule has 5 aromatic rings. The minimum Gasteiger partial charge on any atom is -0.324 e. The van der Waals surface area contributed by atoms with Gasteiger partial charge in [0.2, 0.25) is 0 Å². The molecule has 0 amide bonds. The second-order valence-corrected chi connectivity index (χ2v) is 7.42. The van der Waals surface area contributed by atoms with Crippen molar-refractivity contribution in [3.8, 4) is 22.6 Å². The third kappa shape index (κ3) is 4.07. The van der Waals surface area contributed by atoms with Gasteiger partial charge in [0, 0.05) is 41.0 Å². The van der Waals surface area contributed by atoms with E-state index in [1.54, 1.807) is 6.08 Å². The van der Waals surface area contributed by atoms with Gasteiger partial charge in [0.15, 0.2) is 5.78 Å². The number of rotatable bonds is 6. The van der Waals surface area contributed by atoms with Crippen LogP contribution in [-0.4, -0.2) is 20.1 Å². The van der Waals surface area contributed by atoms with Crippen LogP contribution in [0, 0.1) is 0 Å². The molecule has 0 atom stereocenters. The van der Waals surface area contributed by atoms with Crippen LogP contribution in [-0.2, 0) is 0 Å². The Bertz CT molecular complexity index is 1370. The summed E-state index contributed by atoms with van der Waals surface area (Å²) in [5, 5.41) is 4.80. The molecule has 0 saturated heterocycles. The first-order valence-corrected chi connectivity index (χ1v) is 10.4. The average Bonchev–Trinajstić information content (AvgIpc) is 3.54. The molecule has 0 radical (unpaired) electrons. The molecule has 0 saturated carbocycles. The molecular formula is C28H21N3O. The summed E-state index contributed by atoms with van der Waals surface area (Å²) < 4.78 is 3.83. The molecule has 0 N–H and O–H groups in total. The lowest BCUT2D eigenvalue weighted by molar-refractivity contribution is 0.104. The lowest BCUT2D eigenvalue weighted by Crippen LogP contribution is -1.97. The second kappa shape index (κ2) is 8.74. The largest absolute Gasteiger partial charge is 0.324 e. The molecule has 2 heterocycles. The number of hydrogen-bond acceptors (Lipinski definition) is 2. The number of hydrogen-bond donors (Lipinski definition) is 0. The van der Waals surface area contributed by atoms with Gasteiger partial charge < -0.3 is 4.57 Å². The van der Waals surface area contributed by atoms with Gasteiger partial charge in [-0.3, -0.25) is 4.79 Å². The Balaban J connectivity index is 1.49. The Kier molecular flexibility index (Phi) is 5.33. The molecule has 0 bridgehead atoms. The molecule has 0 unspecified atom stereocenters. The number of aromatic nitrogens is 3. The zero-order chi connectivity index (χ0) is 21.8. The van der Waals surface area contributed by atoms with Gasteiger partial charge in [-0.2, -0.15) is 5.10 Å². The molecule has 0 spiro atoms. The van der Waals surface area contributed by atoms with Gasteiger partial charge in [0.1, 0.15) is 0 Å². The molecule has 4 nitrogen and oxygen atoms in total. The van der Waals surface area contributed by atoms with Crippen LogP contribution >= 0.6 is 0 Å². The van der Waals surface area contributed by atoms with Crippen LogP contribution in [0.3, 0.4) is 0 Å². The van der Waals surface area contributed by atoms with E-state index in [1.807, 2.05) is 131 Å². The summed E-state index contributed by atoms with van der Waals surface area (Å²) in [4.78, 5) is 12.9. The van der Waals surface area contributed by atoms with Crippen molar-refractivity contribution in [1.82, 2.24) is 14.3 Å². The standard InChI is InChI=1S/C28H21N3O/c32-27(23-12-9-15-26(20-23)30-18-7-8-19-30)17-16-24-21-31(25-13-5-2-6-14-25)29-28(24)22-10-3-1-4-11-22/h1-21H/b17-16+. The van der Waals surface area contributed by atoms with Crippen LogP contribution in [0.2, 0.25) is 0 Å². The van der Waals surface area contributed by atoms with E-state index in [9.17, 15) is 4.79 Å². The molecular weight excluding hydrogens is 394 g/mol. The van der Waals surface area contributed by atoms with Gasteiger partial charge in [0.25, 0.3) is 0 Å². The summed E-state index contributed by atoms with van der Waals surface area (Å²) in [6, 6.07) is 31.5. The lowest BCUT2D eigenvalue weighted by Gasteiger charge is -2.04. The Morgan fingerprint density at radius 3 is 2.19 bits per heavy atom. The van der Waals surface area contributed by atoms with Gasteiger partial charge in [-0.15, -0.1) is 0 Å². The highest BCUT2D eigenvalue weighted by Gasteiger charge is 2.11. The number of nitrogens with zero attached hydrogens (tertiary/aromatic N) is 3. The molecule has 0 aliphatic carbocycles. The van der Waals surface area contributed by atoms with Crippen molar-refractivity contribution >= 4 is 11.9 Å². The summed E-state index contributed by atoms with van der Waals surface area (Å²) in [6.07, 6.45) is 9.35. The smallest absolute Gasteiger partial charge is 0.185 e. The van der Waals surface area contributed by atoms with Crippen LogP contribution in [0.15, 0.2) is 122 Å². The maximum Gasteiger partial charge on any atom is 0.185 e. The van der Waals surface area contributed by atoms with E-state index in [-0.39, 0.29) is 5.78 Å². The summed E-state index contributed by atoms with van der Waals surface area (Å²) in [5.74, 6) is -0.0505. The molecule has 4 heteroatoms. The number of benzene rings is 3. The van der Waals surface area contributed by atoms with E-state index < -0.39 is 0 Å². The van der Waals surface area contributed by atoms with E-state index in [4.69, 9.17) is 5.10 Å². The topological polar surface area (TPSA) is 39.8 Å². The van der Waals surface area contributed by atoms with Crippen LogP contribution in [0.4, 0.5) is 0 Å². The number of carbonyl (C=O) groups is 1. The number of para-hydroxylation sites is 1. The Morgan fingerprint density at radius 2 is 1.44 bits per heavy atom.